The molecule has 2 aliphatic rings. The number of aromatic nitrogens is 3. The highest BCUT2D eigenvalue weighted by molar-refractivity contribution is 7.96. The van der Waals surface area contributed by atoms with E-state index >= 15 is 0 Å². The van der Waals surface area contributed by atoms with E-state index in [0.717, 1.165) is 50.5 Å². The fraction of sp³-hybridized carbons (Fsp3) is 0.682. The minimum atomic E-state index is -0.0313. The quantitative estimate of drug-likeness (QED) is 0.679. The number of nitrogens with one attached hydrogen (secondary N) is 1. The molecule has 164 valence electrons. The molecule has 7 nitrogen and oxygen atoms in total. The Hall–Kier alpha value is -1.64. The van der Waals surface area contributed by atoms with Gasteiger partial charge in [-0.3, -0.25) is 9.36 Å². The Morgan fingerprint density at radius 1 is 1.30 bits per heavy atom. The molecule has 1 aliphatic carbocycles. The second-order valence-electron chi connectivity index (χ2n) is 9.16. The van der Waals surface area contributed by atoms with Crippen LogP contribution < -0.4 is 10.9 Å². The van der Waals surface area contributed by atoms with Crippen LogP contribution in [0.1, 0.15) is 64.0 Å². The molecule has 1 unspecified atom stereocenters. The van der Waals surface area contributed by atoms with Crippen LogP contribution in [-0.2, 0) is 6.42 Å². The van der Waals surface area contributed by atoms with Gasteiger partial charge in [-0.05, 0) is 51.9 Å². The number of aliphatic hydroxyl groups is 1. The van der Waals surface area contributed by atoms with E-state index in [-0.39, 0.29) is 23.7 Å². The summed E-state index contributed by atoms with van der Waals surface area (Å²) in [5.41, 5.74) is 1.46. The lowest BCUT2D eigenvalue weighted by atomic mass is 9.89. The van der Waals surface area contributed by atoms with Crippen LogP contribution in [0.15, 0.2) is 17.1 Å². The SMILES string of the molecule is CSN1CCC(Nc2ncc3cc(CCO)c(=O)n(C4CCCC4)c3n2)CC1(C)C. The van der Waals surface area contributed by atoms with Crippen LogP contribution in [-0.4, -0.2) is 54.9 Å². The van der Waals surface area contributed by atoms with E-state index in [1.54, 1.807) is 11.9 Å². The Bertz CT molecular complexity index is 954. The number of hydrogen-bond donors (Lipinski definition) is 2. The zero-order valence-electron chi connectivity index (χ0n) is 18.2. The minimum absolute atomic E-state index is 0.0116. The van der Waals surface area contributed by atoms with Gasteiger partial charge < -0.3 is 10.4 Å². The summed E-state index contributed by atoms with van der Waals surface area (Å²) in [5.74, 6) is 0.599. The van der Waals surface area contributed by atoms with Crippen molar-refractivity contribution in [3.63, 3.8) is 0 Å². The summed E-state index contributed by atoms with van der Waals surface area (Å²) in [7, 11) is 0. The van der Waals surface area contributed by atoms with Gasteiger partial charge in [-0.1, -0.05) is 24.8 Å². The van der Waals surface area contributed by atoms with E-state index in [1.807, 2.05) is 16.8 Å². The molecular formula is C22H33N5O2S. The Balaban J connectivity index is 1.67. The largest absolute Gasteiger partial charge is 0.396 e. The number of fused-ring (bicyclic) bond motifs is 1. The number of aliphatic hydroxyl groups excluding tert-OH is 1. The van der Waals surface area contributed by atoms with Crippen LogP contribution in [0.25, 0.3) is 11.0 Å². The van der Waals surface area contributed by atoms with Gasteiger partial charge in [0.2, 0.25) is 5.95 Å². The molecule has 4 rings (SSSR count). The normalized spacial score (nSPS) is 22.6. The monoisotopic (exact) mass is 431 g/mol. The molecule has 8 heteroatoms. The van der Waals surface area contributed by atoms with Crippen LogP contribution in [0, 0.1) is 0 Å². The van der Waals surface area contributed by atoms with Crippen molar-refractivity contribution >= 4 is 28.9 Å². The van der Waals surface area contributed by atoms with E-state index in [0.29, 0.717) is 29.6 Å². The van der Waals surface area contributed by atoms with Crippen LogP contribution in [0.2, 0.25) is 0 Å². The summed E-state index contributed by atoms with van der Waals surface area (Å²) >= 11 is 1.80. The lowest BCUT2D eigenvalue weighted by Crippen LogP contribution is -2.49. The average molecular weight is 432 g/mol. The number of anilines is 1. The summed E-state index contributed by atoms with van der Waals surface area (Å²) in [6.07, 6.45) is 10.7. The maximum Gasteiger partial charge on any atom is 0.255 e. The van der Waals surface area contributed by atoms with Gasteiger partial charge in [0.15, 0.2) is 0 Å². The van der Waals surface area contributed by atoms with Gasteiger partial charge in [-0.15, -0.1) is 0 Å². The van der Waals surface area contributed by atoms with E-state index in [1.165, 1.54) is 0 Å². The van der Waals surface area contributed by atoms with Crippen molar-refractivity contribution in [1.82, 2.24) is 18.8 Å². The molecule has 1 aliphatic heterocycles. The molecule has 0 spiro atoms. The zero-order chi connectivity index (χ0) is 21.3. The third-order valence-electron chi connectivity index (χ3n) is 6.57. The first-order valence-electron chi connectivity index (χ1n) is 11.0. The highest BCUT2D eigenvalue weighted by atomic mass is 32.2. The Kier molecular flexibility index (Phi) is 6.36. The number of nitrogens with zero attached hydrogens (tertiary/aromatic N) is 4. The van der Waals surface area contributed by atoms with Crippen LogP contribution in [0.4, 0.5) is 5.95 Å². The van der Waals surface area contributed by atoms with E-state index in [9.17, 15) is 9.90 Å². The van der Waals surface area contributed by atoms with Crippen LogP contribution in [0.3, 0.4) is 0 Å². The molecule has 1 saturated carbocycles. The Labute approximate surface area is 182 Å². The van der Waals surface area contributed by atoms with E-state index in [4.69, 9.17) is 4.98 Å². The van der Waals surface area contributed by atoms with Crippen molar-refractivity contribution in [3.8, 4) is 0 Å². The third kappa shape index (κ3) is 4.22. The Morgan fingerprint density at radius 2 is 2.07 bits per heavy atom. The van der Waals surface area contributed by atoms with Crippen LogP contribution in [0.5, 0.6) is 0 Å². The van der Waals surface area contributed by atoms with Crippen molar-refractivity contribution in [3.05, 3.63) is 28.2 Å². The van der Waals surface area contributed by atoms with Crippen molar-refractivity contribution in [2.45, 2.75) is 76.4 Å². The van der Waals surface area contributed by atoms with Gasteiger partial charge in [-0.2, -0.15) is 4.98 Å². The van der Waals surface area contributed by atoms with Crippen molar-refractivity contribution in [1.29, 1.82) is 0 Å². The van der Waals surface area contributed by atoms with Crippen molar-refractivity contribution in [2.24, 2.45) is 0 Å². The highest BCUT2D eigenvalue weighted by Crippen LogP contribution is 2.34. The second-order valence-corrected chi connectivity index (χ2v) is 9.97. The molecule has 2 aromatic heterocycles. The van der Waals surface area contributed by atoms with Gasteiger partial charge in [0.1, 0.15) is 5.65 Å². The molecule has 2 N–H and O–H groups in total. The number of piperidine rings is 1. The molecule has 1 saturated heterocycles. The van der Waals surface area contributed by atoms with Gasteiger partial charge in [-0.25, -0.2) is 9.29 Å². The first-order chi connectivity index (χ1) is 14.4. The van der Waals surface area contributed by atoms with Gasteiger partial charge in [0.25, 0.3) is 5.56 Å². The first-order valence-corrected chi connectivity index (χ1v) is 12.2. The molecule has 0 bridgehead atoms. The van der Waals surface area contributed by atoms with Gasteiger partial charge in [0.05, 0.1) is 0 Å². The molecule has 3 heterocycles. The second kappa shape index (κ2) is 8.85. The summed E-state index contributed by atoms with van der Waals surface area (Å²) in [6.45, 7) is 5.55. The number of pyridine rings is 1. The van der Waals surface area contributed by atoms with Crippen molar-refractivity contribution in [2.75, 3.05) is 24.7 Å². The molecule has 1 atom stereocenters. The standard InChI is InChI=1S/C22H33N5O2S/c1-22(2)13-17(8-10-26(22)30-3)24-21-23-14-16-12-15(9-11-28)20(29)27(19(16)25-21)18-6-4-5-7-18/h12,14,17-18,28H,4-11,13H2,1-3H3,(H,23,24,25). The predicted molar refractivity (Wildman–Crippen MR) is 123 cm³/mol. The van der Waals surface area contributed by atoms with Gasteiger partial charge in [0, 0.05) is 54.3 Å². The molecule has 0 radical (unpaired) electrons. The smallest absolute Gasteiger partial charge is 0.255 e. The lowest BCUT2D eigenvalue weighted by Gasteiger charge is -2.44. The molecular weight excluding hydrogens is 398 g/mol. The average Bonchev–Trinajstić information content (AvgIpc) is 3.23. The fourth-order valence-electron chi connectivity index (χ4n) is 5.07. The van der Waals surface area contributed by atoms with Crippen LogP contribution >= 0.6 is 11.9 Å². The fourth-order valence-corrected chi connectivity index (χ4v) is 5.93. The number of rotatable bonds is 6. The van der Waals surface area contributed by atoms with Gasteiger partial charge >= 0.3 is 0 Å². The lowest BCUT2D eigenvalue weighted by molar-refractivity contribution is 0.175. The molecule has 30 heavy (non-hydrogen) atoms. The molecule has 0 amide bonds. The minimum Gasteiger partial charge on any atom is -0.396 e. The first kappa shape index (κ1) is 21.6. The maximum absolute atomic E-state index is 13.2. The third-order valence-corrected chi connectivity index (χ3v) is 7.69. The number of hydrogen-bond acceptors (Lipinski definition) is 7. The zero-order valence-corrected chi connectivity index (χ0v) is 19.0. The summed E-state index contributed by atoms with van der Waals surface area (Å²) < 4.78 is 4.31. The molecule has 0 aromatic carbocycles. The summed E-state index contributed by atoms with van der Waals surface area (Å²) in [6, 6.07) is 2.34. The molecule has 2 fully saturated rings. The summed E-state index contributed by atoms with van der Waals surface area (Å²) in [4.78, 5) is 22.6. The topological polar surface area (TPSA) is 83.3 Å². The Morgan fingerprint density at radius 3 is 2.73 bits per heavy atom. The summed E-state index contributed by atoms with van der Waals surface area (Å²) in [5, 5.41) is 13.8. The maximum atomic E-state index is 13.2. The van der Waals surface area contributed by atoms with Crippen molar-refractivity contribution < 1.29 is 5.11 Å². The molecule has 2 aromatic rings. The highest BCUT2D eigenvalue weighted by Gasteiger charge is 2.35. The van der Waals surface area contributed by atoms with E-state index < -0.39 is 0 Å². The van der Waals surface area contributed by atoms with E-state index in [2.05, 4.69) is 34.7 Å². The predicted octanol–water partition coefficient (Wildman–Crippen LogP) is 3.37.